The molecule has 1 rings (SSSR count). The van der Waals surface area contributed by atoms with Gasteiger partial charge in [0.1, 0.15) is 5.75 Å². The lowest BCUT2D eigenvalue weighted by Crippen LogP contribution is -2.31. The molecule has 0 radical (unpaired) electrons. The van der Waals surface area contributed by atoms with E-state index < -0.39 is 0 Å². The minimum absolute atomic E-state index is 0.225. The van der Waals surface area contributed by atoms with Gasteiger partial charge in [0.2, 0.25) is 0 Å². The van der Waals surface area contributed by atoms with Crippen molar-refractivity contribution in [3.63, 3.8) is 0 Å². The van der Waals surface area contributed by atoms with Gasteiger partial charge >= 0.3 is 0 Å². The Kier molecular flexibility index (Phi) is 5.29. The largest absolute Gasteiger partial charge is 0.508 e. The minimum Gasteiger partial charge on any atom is -0.508 e. The van der Waals surface area contributed by atoms with Crippen molar-refractivity contribution < 1.29 is 10.2 Å². The van der Waals surface area contributed by atoms with E-state index in [1.54, 1.807) is 12.1 Å². The van der Waals surface area contributed by atoms with Crippen LogP contribution in [0.2, 0.25) is 0 Å². The number of aliphatic hydroxyl groups is 1. The van der Waals surface area contributed by atoms with Gasteiger partial charge in [0.15, 0.2) is 0 Å². The lowest BCUT2D eigenvalue weighted by molar-refractivity contribution is 0.184. The average Bonchev–Trinajstić information content (AvgIpc) is 2.24. The molecule has 0 aliphatic carbocycles. The van der Waals surface area contributed by atoms with E-state index >= 15 is 0 Å². The highest BCUT2D eigenvalue weighted by Gasteiger charge is 2.09. The number of hydrogen-bond donors (Lipinski definition) is 2. The van der Waals surface area contributed by atoms with Crippen LogP contribution in [-0.2, 0) is 6.54 Å². The fourth-order valence-corrected chi connectivity index (χ4v) is 1.68. The maximum absolute atomic E-state index is 9.38. The fourth-order valence-electron chi connectivity index (χ4n) is 1.68. The highest BCUT2D eigenvalue weighted by Crippen LogP contribution is 2.14. The van der Waals surface area contributed by atoms with Gasteiger partial charge in [-0.25, -0.2) is 0 Å². The first-order valence-corrected chi connectivity index (χ1v) is 5.76. The van der Waals surface area contributed by atoms with Crippen LogP contribution in [0.25, 0.3) is 0 Å². The number of hydrogen-bond acceptors (Lipinski definition) is 3. The molecule has 0 saturated carbocycles. The molecular formula is C13H21NO2. The van der Waals surface area contributed by atoms with Crippen molar-refractivity contribution in [3.05, 3.63) is 29.8 Å². The Morgan fingerprint density at radius 3 is 2.62 bits per heavy atom. The predicted octanol–water partition coefficient (Wildman–Crippen LogP) is 1.98. The van der Waals surface area contributed by atoms with Crippen molar-refractivity contribution >= 4 is 0 Å². The molecule has 0 aliphatic heterocycles. The SMILES string of the molecule is CC(C)N(CCCO)Cc1cccc(O)c1. The summed E-state index contributed by atoms with van der Waals surface area (Å²) in [6.07, 6.45) is 0.789. The zero-order valence-electron chi connectivity index (χ0n) is 10.1. The summed E-state index contributed by atoms with van der Waals surface area (Å²) in [5, 5.41) is 18.2. The molecular weight excluding hydrogens is 202 g/mol. The van der Waals surface area contributed by atoms with Crippen molar-refractivity contribution in [1.29, 1.82) is 0 Å². The summed E-state index contributed by atoms with van der Waals surface area (Å²) in [6.45, 7) is 6.19. The van der Waals surface area contributed by atoms with Crippen LogP contribution in [0.4, 0.5) is 0 Å². The third-order valence-electron chi connectivity index (χ3n) is 2.63. The van der Waals surface area contributed by atoms with Crippen molar-refractivity contribution in [1.82, 2.24) is 4.90 Å². The van der Waals surface area contributed by atoms with Gasteiger partial charge in [0.05, 0.1) is 0 Å². The first kappa shape index (κ1) is 13.0. The minimum atomic E-state index is 0.225. The van der Waals surface area contributed by atoms with Crippen LogP contribution in [0.5, 0.6) is 5.75 Å². The molecule has 0 atom stereocenters. The molecule has 0 fully saturated rings. The molecule has 90 valence electrons. The standard InChI is InChI=1S/C13H21NO2/c1-11(2)14(7-4-8-15)10-12-5-3-6-13(16)9-12/h3,5-6,9,11,15-16H,4,7-8,10H2,1-2H3. The second-order valence-corrected chi connectivity index (χ2v) is 4.31. The van der Waals surface area contributed by atoms with Crippen LogP contribution in [-0.4, -0.2) is 34.3 Å². The van der Waals surface area contributed by atoms with E-state index in [0.29, 0.717) is 11.8 Å². The van der Waals surface area contributed by atoms with Crippen LogP contribution in [0.3, 0.4) is 0 Å². The zero-order valence-corrected chi connectivity index (χ0v) is 10.1. The second-order valence-electron chi connectivity index (χ2n) is 4.31. The van der Waals surface area contributed by atoms with Gasteiger partial charge in [-0.05, 0) is 38.0 Å². The number of aromatic hydroxyl groups is 1. The lowest BCUT2D eigenvalue weighted by atomic mass is 10.1. The third kappa shape index (κ3) is 4.21. The van der Waals surface area contributed by atoms with Gasteiger partial charge in [0.25, 0.3) is 0 Å². The van der Waals surface area contributed by atoms with Crippen molar-refractivity contribution in [2.45, 2.75) is 32.9 Å². The maximum atomic E-state index is 9.38. The smallest absolute Gasteiger partial charge is 0.115 e. The summed E-state index contributed by atoms with van der Waals surface area (Å²) in [6, 6.07) is 7.77. The molecule has 16 heavy (non-hydrogen) atoms. The monoisotopic (exact) mass is 223 g/mol. The van der Waals surface area contributed by atoms with Gasteiger partial charge in [0, 0.05) is 25.7 Å². The molecule has 0 heterocycles. The molecule has 0 bridgehead atoms. The van der Waals surface area contributed by atoms with E-state index in [0.717, 1.165) is 25.1 Å². The summed E-state index contributed by atoms with van der Waals surface area (Å²) in [7, 11) is 0. The first-order valence-electron chi connectivity index (χ1n) is 5.76. The van der Waals surface area contributed by atoms with E-state index in [9.17, 15) is 5.11 Å². The lowest BCUT2D eigenvalue weighted by Gasteiger charge is -2.26. The topological polar surface area (TPSA) is 43.7 Å². The Balaban J connectivity index is 2.60. The molecule has 1 aromatic rings. The number of nitrogens with zero attached hydrogens (tertiary/aromatic N) is 1. The molecule has 0 aromatic heterocycles. The Hall–Kier alpha value is -1.06. The van der Waals surface area contributed by atoms with Gasteiger partial charge in [-0.15, -0.1) is 0 Å². The second kappa shape index (κ2) is 6.51. The van der Waals surface area contributed by atoms with E-state index in [2.05, 4.69) is 18.7 Å². The molecule has 0 spiro atoms. The summed E-state index contributed by atoms with van der Waals surface area (Å²) < 4.78 is 0. The van der Waals surface area contributed by atoms with Crippen LogP contribution in [0.1, 0.15) is 25.8 Å². The Labute approximate surface area is 97.3 Å². The van der Waals surface area contributed by atoms with E-state index in [1.807, 2.05) is 12.1 Å². The first-order chi connectivity index (χ1) is 7.63. The average molecular weight is 223 g/mol. The summed E-state index contributed by atoms with van der Waals surface area (Å²) in [5.74, 6) is 0.309. The number of phenolic OH excluding ortho intramolecular Hbond substituents is 1. The van der Waals surface area contributed by atoms with Crippen LogP contribution in [0, 0.1) is 0 Å². The molecule has 0 unspecified atom stereocenters. The van der Waals surface area contributed by atoms with Crippen LogP contribution in [0.15, 0.2) is 24.3 Å². The maximum Gasteiger partial charge on any atom is 0.115 e. The predicted molar refractivity (Wildman–Crippen MR) is 65.4 cm³/mol. The van der Waals surface area contributed by atoms with Crippen LogP contribution < -0.4 is 0 Å². The van der Waals surface area contributed by atoms with E-state index in [4.69, 9.17) is 5.11 Å². The quantitative estimate of drug-likeness (QED) is 0.775. The highest BCUT2D eigenvalue weighted by molar-refractivity contribution is 5.27. The molecule has 0 aliphatic rings. The number of benzene rings is 1. The number of rotatable bonds is 6. The molecule has 0 amide bonds. The van der Waals surface area contributed by atoms with Gasteiger partial charge in [-0.1, -0.05) is 12.1 Å². The highest BCUT2D eigenvalue weighted by atomic mass is 16.3. The van der Waals surface area contributed by atoms with Crippen molar-refractivity contribution in [2.24, 2.45) is 0 Å². The van der Waals surface area contributed by atoms with Crippen LogP contribution >= 0.6 is 0 Å². The van der Waals surface area contributed by atoms with Gasteiger partial charge < -0.3 is 10.2 Å². The number of phenols is 1. The Bertz CT molecular complexity index is 313. The summed E-state index contributed by atoms with van der Waals surface area (Å²) in [4.78, 5) is 2.28. The van der Waals surface area contributed by atoms with Gasteiger partial charge in [-0.3, -0.25) is 4.90 Å². The fraction of sp³-hybridized carbons (Fsp3) is 0.538. The van der Waals surface area contributed by atoms with E-state index in [1.165, 1.54) is 0 Å². The van der Waals surface area contributed by atoms with Gasteiger partial charge in [-0.2, -0.15) is 0 Å². The number of aliphatic hydroxyl groups excluding tert-OH is 1. The Morgan fingerprint density at radius 1 is 1.31 bits per heavy atom. The molecule has 2 N–H and O–H groups in total. The summed E-state index contributed by atoms with van der Waals surface area (Å²) >= 11 is 0. The molecule has 0 saturated heterocycles. The normalized spacial score (nSPS) is 11.3. The van der Waals surface area contributed by atoms with Crippen molar-refractivity contribution in [3.8, 4) is 5.75 Å². The molecule has 1 aromatic carbocycles. The molecule has 3 heteroatoms. The van der Waals surface area contributed by atoms with Crippen molar-refractivity contribution in [2.75, 3.05) is 13.2 Å². The van der Waals surface area contributed by atoms with E-state index in [-0.39, 0.29) is 6.61 Å². The summed E-state index contributed by atoms with van der Waals surface area (Å²) in [5.41, 5.74) is 1.10. The third-order valence-corrected chi connectivity index (χ3v) is 2.63. The Morgan fingerprint density at radius 2 is 2.06 bits per heavy atom. The molecule has 3 nitrogen and oxygen atoms in total. The zero-order chi connectivity index (χ0) is 12.0.